The maximum Gasteiger partial charge on any atom is 0.302 e. The Kier molecular flexibility index (Phi) is 6.14. The van der Waals surface area contributed by atoms with Crippen molar-refractivity contribution in [3.05, 3.63) is 44.8 Å². The molecule has 9 nitrogen and oxygen atoms in total. The fraction of sp³-hybridized carbons (Fsp3) is 0.517. The van der Waals surface area contributed by atoms with E-state index in [9.17, 15) is 29.2 Å². The molecule has 3 aliphatic carbocycles. The van der Waals surface area contributed by atoms with E-state index < -0.39 is 41.7 Å². The lowest BCUT2D eigenvalue weighted by Gasteiger charge is -2.58. The number of rotatable bonds is 3. The second kappa shape index (κ2) is 8.98. The van der Waals surface area contributed by atoms with Gasteiger partial charge in [0.25, 0.3) is 0 Å². The number of hydrogen-bond acceptors (Lipinski definition) is 9. The minimum Gasteiger partial charge on any atom is -0.492 e. The van der Waals surface area contributed by atoms with Gasteiger partial charge in [-0.1, -0.05) is 0 Å². The van der Waals surface area contributed by atoms with E-state index in [4.69, 9.17) is 9.47 Å². The second-order valence-corrected chi connectivity index (χ2v) is 10.9. The van der Waals surface area contributed by atoms with Crippen LogP contribution in [0, 0.1) is 35.0 Å². The number of allylic oxidation sites excluding steroid dienone is 5. The minimum atomic E-state index is -0.689. The average Bonchev–Trinajstić information content (AvgIpc) is 2.88. The predicted molar refractivity (Wildman–Crippen MR) is 133 cm³/mol. The predicted octanol–water partition coefficient (Wildman–Crippen LogP) is 2.18. The Morgan fingerprint density at radius 1 is 0.947 bits per heavy atom. The van der Waals surface area contributed by atoms with Crippen LogP contribution < -0.4 is 0 Å². The molecule has 1 saturated heterocycles. The Labute approximate surface area is 220 Å². The molecule has 5 rings (SSSR count). The largest absolute Gasteiger partial charge is 0.492 e. The SMILES string of the molecule is COC1=C(C)C(=O)C2=C(C1=O)[C@@H]1[C@@H]3CC4=C(C(=O)C(C)=C(C)C4=O)C(COC(C)=O)C3[C@@H](C#N)[C@H](C2)N1C. The van der Waals surface area contributed by atoms with Crippen LogP contribution >= 0.6 is 0 Å². The number of ketones is 4. The number of esters is 1. The Balaban J connectivity index is 1.73. The zero-order valence-electron chi connectivity index (χ0n) is 22.3. The fourth-order valence-electron chi connectivity index (χ4n) is 7.46. The summed E-state index contributed by atoms with van der Waals surface area (Å²) in [4.78, 5) is 68.0. The summed E-state index contributed by atoms with van der Waals surface area (Å²) in [5, 5.41) is 10.4. The average molecular weight is 519 g/mol. The molecular weight excluding hydrogens is 488 g/mol. The third kappa shape index (κ3) is 3.36. The normalized spacial score (nSPS) is 33.2. The van der Waals surface area contributed by atoms with Gasteiger partial charge in [0.05, 0.1) is 25.7 Å². The van der Waals surface area contributed by atoms with Gasteiger partial charge < -0.3 is 9.47 Å². The van der Waals surface area contributed by atoms with Crippen molar-refractivity contribution in [1.82, 2.24) is 4.90 Å². The molecular formula is C29H30N2O7. The van der Waals surface area contributed by atoms with Crippen molar-refractivity contribution in [3.63, 3.8) is 0 Å². The molecule has 0 aromatic carbocycles. The van der Waals surface area contributed by atoms with Crippen LogP contribution in [0.5, 0.6) is 0 Å². The second-order valence-electron chi connectivity index (χ2n) is 10.9. The molecule has 198 valence electrons. The van der Waals surface area contributed by atoms with E-state index >= 15 is 0 Å². The molecule has 0 aromatic rings. The number of methoxy groups -OCH3 is 1. The topological polar surface area (TPSA) is 131 Å². The van der Waals surface area contributed by atoms with Crippen LogP contribution in [0.2, 0.25) is 0 Å². The highest BCUT2D eigenvalue weighted by Crippen LogP contribution is 2.56. The first-order valence-electron chi connectivity index (χ1n) is 12.8. The van der Waals surface area contributed by atoms with Crippen LogP contribution in [-0.2, 0) is 33.4 Å². The number of nitrogens with zero attached hydrogens (tertiary/aromatic N) is 2. The summed E-state index contributed by atoms with van der Waals surface area (Å²) in [5.41, 5.74) is 2.37. The van der Waals surface area contributed by atoms with Gasteiger partial charge in [-0.15, -0.1) is 0 Å². The maximum absolute atomic E-state index is 13.7. The number of piperidine rings is 1. The Hall–Kier alpha value is -3.64. The van der Waals surface area contributed by atoms with Crippen molar-refractivity contribution < 1.29 is 33.4 Å². The number of carbonyl (C=O) groups is 5. The molecule has 0 radical (unpaired) electrons. The smallest absolute Gasteiger partial charge is 0.302 e. The summed E-state index contributed by atoms with van der Waals surface area (Å²) in [6.45, 7) is 5.93. The zero-order chi connectivity index (χ0) is 27.8. The molecule has 9 heteroatoms. The van der Waals surface area contributed by atoms with E-state index in [-0.39, 0.29) is 53.9 Å². The van der Waals surface area contributed by atoms with Gasteiger partial charge in [0.2, 0.25) is 5.78 Å². The number of hydrogen-bond donors (Lipinski definition) is 0. The molecule has 0 saturated carbocycles. The molecule has 0 amide bonds. The van der Waals surface area contributed by atoms with E-state index in [0.29, 0.717) is 33.4 Å². The van der Waals surface area contributed by atoms with Gasteiger partial charge in [-0.3, -0.25) is 28.9 Å². The van der Waals surface area contributed by atoms with E-state index in [2.05, 4.69) is 6.07 Å². The molecule has 0 aromatic heterocycles. The van der Waals surface area contributed by atoms with Gasteiger partial charge in [-0.25, -0.2) is 0 Å². The van der Waals surface area contributed by atoms with Crippen molar-refractivity contribution in [2.45, 2.75) is 52.6 Å². The van der Waals surface area contributed by atoms with Crippen LogP contribution in [0.3, 0.4) is 0 Å². The summed E-state index contributed by atoms with van der Waals surface area (Å²) < 4.78 is 10.8. The molecule has 0 N–H and O–H groups in total. The molecule has 2 unspecified atom stereocenters. The van der Waals surface area contributed by atoms with E-state index in [0.717, 1.165) is 0 Å². The molecule has 0 spiro atoms. The van der Waals surface area contributed by atoms with Crippen molar-refractivity contribution in [2.75, 3.05) is 20.8 Å². The van der Waals surface area contributed by atoms with Gasteiger partial charge in [-0.2, -0.15) is 5.26 Å². The third-order valence-electron chi connectivity index (χ3n) is 9.31. The molecule has 2 heterocycles. The van der Waals surface area contributed by atoms with Crippen LogP contribution in [0.15, 0.2) is 44.8 Å². The van der Waals surface area contributed by atoms with E-state index in [1.807, 2.05) is 11.9 Å². The van der Waals surface area contributed by atoms with Crippen LogP contribution in [-0.4, -0.2) is 66.9 Å². The number of carbonyl (C=O) groups excluding carboxylic acids is 5. The summed E-state index contributed by atoms with van der Waals surface area (Å²) in [6, 6.07) is 1.47. The first kappa shape index (κ1) is 26.0. The first-order valence-corrected chi connectivity index (χ1v) is 12.8. The van der Waals surface area contributed by atoms with Crippen molar-refractivity contribution in [2.24, 2.45) is 23.7 Å². The fourth-order valence-corrected chi connectivity index (χ4v) is 7.46. The van der Waals surface area contributed by atoms with Gasteiger partial charge in [0, 0.05) is 63.9 Å². The highest BCUT2D eigenvalue weighted by atomic mass is 16.5. The molecule has 2 aliphatic heterocycles. The molecule has 2 bridgehead atoms. The lowest BCUT2D eigenvalue weighted by atomic mass is 9.53. The Morgan fingerprint density at radius 2 is 1.55 bits per heavy atom. The minimum absolute atomic E-state index is 0.00468. The monoisotopic (exact) mass is 518 g/mol. The number of nitriles is 1. The van der Waals surface area contributed by atoms with Gasteiger partial charge >= 0.3 is 5.97 Å². The van der Waals surface area contributed by atoms with Crippen LogP contribution in [0.1, 0.15) is 40.5 Å². The molecule has 5 aliphatic rings. The number of likely N-dealkylation sites (N-methyl/N-ethyl adjacent to an activating group) is 1. The lowest BCUT2D eigenvalue weighted by Crippen LogP contribution is -2.65. The number of Topliss-reactive ketones (excluding diaryl/α,β-unsaturated/α-hetero) is 4. The van der Waals surface area contributed by atoms with Crippen LogP contribution in [0.4, 0.5) is 0 Å². The summed E-state index contributed by atoms with van der Waals surface area (Å²) in [6.07, 6.45) is 0.384. The maximum atomic E-state index is 13.7. The molecule has 38 heavy (non-hydrogen) atoms. The first-order chi connectivity index (χ1) is 18.0. The lowest BCUT2D eigenvalue weighted by molar-refractivity contribution is -0.144. The highest BCUT2D eigenvalue weighted by molar-refractivity contribution is 6.26. The van der Waals surface area contributed by atoms with Gasteiger partial charge in [0.15, 0.2) is 23.1 Å². The highest BCUT2D eigenvalue weighted by Gasteiger charge is 2.60. The van der Waals surface area contributed by atoms with Crippen molar-refractivity contribution >= 4 is 29.1 Å². The van der Waals surface area contributed by atoms with Gasteiger partial charge in [0.1, 0.15) is 0 Å². The van der Waals surface area contributed by atoms with Crippen molar-refractivity contribution in [3.8, 4) is 6.07 Å². The van der Waals surface area contributed by atoms with E-state index in [1.54, 1.807) is 20.8 Å². The third-order valence-corrected chi connectivity index (χ3v) is 9.31. The van der Waals surface area contributed by atoms with E-state index in [1.165, 1.54) is 14.0 Å². The summed E-state index contributed by atoms with van der Waals surface area (Å²) in [5.74, 6) is -3.89. The zero-order valence-corrected chi connectivity index (χ0v) is 22.3. The Bertz CT molecular complexity index is 1400. The number of ether oxygens (including phenoxy) is 2. The van der Waals surface area contributed by atoms with Crippen molar-refractivity contribution in [1.29, 1.82) is 5.26 Å². The standard InChI is InChI=1S/C29H30N2O7/c1-11-12(2)27(35)22-16(25(11)33)7-15-21(19(22)10-38-14(4)32)18(9-30)20-8-17-23(24(15)31(20)5)28(36)29(37-6)13(3)26(17)34/h15,18-21,24H,7-8,10H2,1-6H3/t15-,18+,19?,20+,21?,24+/m1/s1. The quantitative estimate of drug-likeness (QED) is 0.407. The summed E-state index contributed by atoms with van der Waals surface area (Å²) in [7, 11) is 3.19. The van der Waals surface area contributed by atoms with Gasteiger partial charge in [-0.05, 0) is 52.5 Å². The van der Waals surface area contributed by atoms with Crippen LogP contribution in [0.25, 0.3) is 0 Å². The Morgan fingerprint density at radius 3 is 2.16 bits per heavy atom. The number of fused-ring (bicyclic) bond motifs is 5. The molecule has 1 fully saturated rings. The summed E-state index contributed by atoms with van der Waals surface area (Å²) >= 11 is 0. The molecule has 6 atom stereocenters.